The van der Waals surface area contributed by atoms with Gasteiger partial charge in [-0.2, -0.15) is 0 Å². The first kappa shape index (κ1) is 30.5. The summed E-state index contributed by atoms with van der Waals surface area (Å²) in [5.74, 6) is 0.597. The molecule has 1 aliphatic carbocycles. The molecule has 0 unspecified atom stereocenters. The van der Waals surface area contributed by atoms with Crippen LogP contribution in [0.5, 0.6) is 0 Å². The maximum absolute atomic E-state index is 6.70. The summed E-state index contributed by atoms with van der Waals surface area (Å²) in [6.07, 6.45) is 0. The minimum atomic E-state index is -0.540. The molecule has 0 saturated heterocycles. The van der Waals surface area contributed by atoms with E-state index in [1.807, 2.05) is 48.5 Å². The van der Waals surface area contributed by atoms with E-state index in [9.17, 15) is 0 Å². The molecule has 54 heavy (non-hydrogen) atoms. The Bertz CT molecular complexity index is 2960. The highest BCUT2D eigenvalue weighted by atomic mass is 16.3. The SMILES string of the molecule is c1ccc(-c2nc3cc(N(c4ccc5c(c4)C(c4ccccc4)(c4ccccc4)c4ccccc4-5)c4cccc5c4oc4ccccc45)ccc3o2)cc1. The van der Waals surface area contributed by atoms with E-state index in [1.54, 1.807) is 0 Å². The lowest BCUT2D eigenvalue weighted by atomic mass is 9.67. The van der Waals surface area contributed by atoms with Crippen LogP contribution in [0.2, 0.25) is 0 Å². The van der Waals surface area contributed by atoms with Gasteiger partial charge in [0.15, 0.2) is 11.2 Å². The number of anilines is 3. The quantitative estimate of drug-likeness (QED) is 0.174. The highest BCUT2D eigenvalue weighted by Gasteiger charge is 2.46. The molecule has 1 aliphatic rings. The number of hydrogen-bond acceptors (Lipinski definition) is 4. The van der Waals surface area contributed by atoms with Crippen molar-refractivity contribution in [2.45, 2.75) is 5.41 Å². The highest BCUT2D eigenvalue weighted by molar-refractivity contribution is 6.10. The number of para-hydroxylation sites is 2. The van der Waals surface area contributed by atoms with Gasteiger partial charge in [-0.25, -0.2) is 4.98 Å². The zero-order chi connectivity index (χ0) is 35.6. The molecule has 0 aliphatic heterocycles. The van der Waals surface area contributed by atoms with E-state index >= 15 is 0 Å². The minimum Gasteiger partial charge on any atom is -0.454 e. The van der Waals surface area contributed by atoms with Gasteiger partial charge in [0.05, 0.1) is 11.1 Å². The summed E-state index contributed by atoms with van der Waals surface area (Å²) in [5, 5.41) is 2.16. The molecular formula is C50H32N2O2. The van der Waals surface area contributed by atoms with Crippen molar-refractivity contribution in [3.63, 3.8) is 0 Å². The normalized spacial score (nSPS) is 13.0. The maximum Gasteiger partial charge on any atom is 0.227 e. The summed E-state index contributed by atoms with van der Waals surface area (Å²) in [6.45, 7) is 0. The maximum atomic E-state index is 6.70. The van der Waals surface area contributed by atoms with E-state index in [0.29, 0.717) is 5.89 Å². The van der Waals surface area contributed by atoms with Gasteiger partial charge in [-0.1, -0.05) is 140 Å². The van der Waals surface area contributed by atoms with Crippen LogP contribution in [0.1, 0.15) is 22.3 Å². The summed E-state index contributed by atoms with van der Waals surface area (Å²) in [7, 11) is 0. The summed E-state index contributed by atoms with van der Waals surface area (Å²) >= 11 is 0. The molecule has 0 atom stereocenters. The summed E-state index contributed by atoms with van der Waals surface area (Å²) in [5.41, 5.74) is 13.9. The third-order valence-corrected chi connectivity index (χ3v) is 11.0. The fourth-order valence-corrected chi connectivity index (χ4v) is 8.67. The second kappa shape index (κ2) is 11.9. The fourth-order valence-electron chi connectivity index (χ4n) is 8.67. The lowest BCUT2D eigenvalue weighted by molar-refractivity contribution is 0.620. The van der Waals surface area contributed by atoms with E-state index in [1.165, 1.54) is 33.4 Å². The van der Waals surface area contributed by atoms with Crippen LogP contribution >= 0.6 is 0 Å². The zero-order valence-electron chi connectivity index (χ0n) is 29.2. The molecule has 0 amide bonds. The van der Waals surface area contributed by atoms with Crippen molar-refractivity contribution < 1.29 is 8.83 Å². The van der Waals surface area contributed by atoms with E-state index in [-0.39, 0.29) is 0 Å². The van der Waals surface area contributed by atoms with Crippen LogP contribution in [0.15, 0.2) is 203 Å². The average molecular weight is 693 g/mol. The van der Waals surface area contributed by atoms with Crippen molar-refractivity contribution in [3.05, 3.63) is 216 Å². The average Bonchev–Trinajstić information content (AvgIpc) is 3.93. The van der Waals surface area contributed by atoms with Crippen LogP contribution in [0.3, 0.4) is 0 Å². The van der Waals surface area contributed by atoms with Gasteiger partial charge in [-0.15, -0.1) is 0 Å². The van der Waals surface area contributed by atoms with E-state index in [4.69, 9.17) is 13.8 Å². The molecule has 0 fully saturated rings. The second-order valence-corrected chi connectivity index (χ2v) is 13.9. The van der Waals surface area contributed by atoms with Crippen LogP contribution in [0, 0.1) is 0 Å². The van der Waals surface area contributed by atoms with E-state index in [2.05, 4.69) is 150 Å². The molecule has 2 aromatic heterocycles. The first-order chi connectivity index (χ1) is 26.8. The Morgan fingerprint density at radius 1 is 0.444 bits per heavy atom. The molecule has 0 saturated carbocycles. The van der Waals surface area contributed by atoms with Gasteiger partial charge in [0.25, 0.3) is 0 Å². The van der Waals surface area contributed by atoms with Crippen LogP contribution < -0.4 is 4.90 Å². The lowest BCUT2D eigenvalue weighted by Gasteiger charge is -2.34. The van der Waals surface area contributed by atoms with Crippen molar-refractivity contribution in [1.29, 1.82) is 0 Å². The Hall–Kier alpha value is -7.17. The van der Waals surface area contributed by atoms with Crippen molar-refractivity contribution in [2.75, 3.05) is 4.90 Å². The predicted octanol–water partition coefficient (Wildman–Crippen LogP) is 13.2. The van der Waals surface area contributed by atoms with Crippen molar-refractivity contribution in [3.8, 4) is 22.6 Å². The van der Waals surface area contributed by atoms with Gasteiger partial charge in [-0.3, -0.25) is 0 Å². The van der Waals surface area contributed by atoms with Crippen molar-refractivity contribution in [1.82, 2.24) is 4.98 Å². The fraction of sp³-hybridized carbons (Fsp3) is 0.0200. The van der Waals surface area contributed by atoms with Gasteiger partial charge in [0.1, 0.15) is 11.1 Å². The Balaban J connectivity index is 1.19. The number of fused-ring (bicyclic) bond motifs is 7. The molecular weight excluding hydrogens is 661 g/mol. The number of benzene rings is 8. The predicted molar refractivity (Wildman–Crippen MR) is 219 cm³/mol. The van der Waals surface area contributed by atoms with E-state index < -0.39 is 5.41 Å². The molecule has 254 valence electrons. The zero-order valence-corrected chi connectivity index (χ0v) is 29.2. The molecule has 8 aromatic carbocycles. The first-order valence-electron chi connectivity index (χ1n) is 18.3. The van der Waals surface area contributed by atoms with Crippen LogP contribution in [-0.4, -0.2) is 4.98 Å². The number of rotatable bonds is 6. The molecule has 0 radical (unpaired) electrons. The summed E-state index contributed by atoms with van der Waals surface area (Å²) in [4.78, 5) is 7.29. The Kier molecular flexibility index (Phi) is 6.73. The Labute approximate surface area is 312 Å². The molecule has 4 nitrogen and oxygen atoms in total. The largest absolute Gasteiger partial charge is 0.454 e. The minimum absolute atomic E-state index is 0.540. The number of oxazole rings is 1. The monoisotopic (exact) mass is 692 g/mol. The number of hydrogen-bond donors (Lipinski definition) is 0. The summed E-state index contributed by atoms with van der Waals surface area (Å²) < 4.78 is 13.0. The van der Waals surface area contributed by atoms with E-state index in [0.717, 1.165) is 55.7 Å². The van der Waals surface area contributed by atoms with Crippen molar-refractivity contribution >= 4 is 50.1 Å². The van der Waals surface area contributed by atoms with Gasteiger partial charge >= 0.3 is 0 Å². The Morgan fingerprint density at radius 2 is 1.07 bits per heavy atom. The number of furan rings is 1. The smallest absolute Gasteiger partial charge is 0.227 e. The second-order valence-electron chi connectivity index (χ2n) is 13.9. The van der Waals surface area contributed by atoms with Crippen LogP contribution in [0.25, 0.3) is 55.6 Å². The molecule has 0 spiro atoms. The van der Waals surface area contributed by atoms with Gasteiger partial charge in [0, 0.05) is 27.7 Å². The van der Waals surface area contributed by atoms with Crippen LogP contribution in [0.4, 0.5) is 17.1 Å². The third-order valence-electron chi connectivity index (χ3n) is 11.0. The highest BCUT2D eigenvalue weighted by Crippen LogP contribution is 2.57. The number of nitrogens with zero attached hydrogens (tertiary/aromatic N) is 2. The van der Waals surface area contributed by atoms with Gasteiger partial charge in [0.2, 0.25) is 5.89 Å². The van der Waals surface area contributed by atoms with Gasteiger partial charge in [-0.05, 0) is 88.0 Å². The lowest BCUT2D eigenvalue weighted by Crippen LogP contribution is -2.28. The van der Waals surface area contributed by atoms with Crippen molar-refractivity contribution in [2.24, 2.45) is 0 Å². The first-order valence-corrected chi connectivity index (χ1v) is 18.3. The third kappa shape index (κ3) is 4.47. The molecule has 0 bridgehead atoms. The molecule has 4 heteroatoms. The topological polar surface area (TPSA) is 42.4 Å². The standard InChI is InChI=1S/C50H32N2O2/c1-4-15-33(16-5-1)49-51-44-32-37(28-30-47(44)54-49)52(45-25-14-23-41-40-22-11-13-26-46(40)53-48(41)45)36-27-29-39-38-21-10-12-24-42(38)50(43(39)31-36,34-17-6-2-7-18-34)35-19-8-3-9-20-35/h1-32H. The molecule has 11 rings (SSSR count). The molecule has 0 N–H and O–H groups in total. The molecule has 10 aromatic rings. The van der Waals surface area contributed by atoms with Gasteiger partial charge < -0.3 is 13.7 Å². The Morgan fingerprint density at radius 3 is 1.87 bits per heavy atom. The summed E-state index contributed by atoms with van der Waals surface area (Å²) in [6, 6.07) is 68.6. The molecule has 2 heterocycles. The van der Waals surface area contributed by atoms with Crippen LogP contribution in [-0.2, 0) is 5.41 Å². The number of aromatic nitrogens is 1.